The summed E-state index contributed by atoms with van der Waals surface area (Å²) in [6.07, 6.45) is 3.50. The van der Waals surface area contributed by atoms with Crippen molar-refractivity contribution in [2.45, 2.75) is 77.8 Å². The molecule has 32 heavy (non-hydrogen) atoms. The number of carbonyl (C=O) groups excluding carboxylic acids is 2. The van der Waals surface area contributed by atoms with Gasteiger partial charge in [-0.1, -0.05) is 39.0 Å². The Balaban J connectivity index is 2.25. The number of esters is 1. The molecule has 0 aromatic carbocycles. The van der Waals surface area contributed by atoms with Gasteiger partial charge in [-0.3, -0.25) is 4.79 Å². The van der Waals surface area contributed by atoms with Crippen LogP contribution < -0.4 is 0 Å². The molecule has 178 valence electrons. The molecule has 7 atom stereocenters. The third kappa shape index (κ3) is 3.01. The summed E-state index contributed by atoms with van der Waals surface area (Å²) >= 11 is 0. The minimum atomic E-state index is -1.92. The van der Waals surface area contributed by atoms with Crippen LogP contribution in [-0.2, 0) is 14.3 Å². The van der Waals surface area contributed by atoms with Gasteiger partial charge >= 0.3 is 5.97 Å². The van der Waals surface area contributed by atoms with Crippen molar-refractivity contribution in [2.75, 3.05) is 6.61 Å². The minimum Gasteiger partial charge on any atom is -0.453 e. The molecule has 0 aromatic heterocycles. The Hall–Kier alpha value is -1.80. The minimum absolute atomic E-state index is 0.118. The van der Waals surface area contributed by atoms with Gasteiger partial charge < -0.3 is 25.2 Å². The molecule has 7 nitrogen and oxygen atoms in total. The van der Waals surface area contributed by atoms with Gasteiger partial charge in [0.1, 0.15) is 11.2 Å². The van der Waals surface area contributed by atoms with Crippen LogP contribution in [0.15, 0.2) is 34.9 Å². The molecule has 3 aliphatic carbocycles. The Morgan fingerprint density at radius 1 is 1.22 bits per heavy atom. The molecule has 0 aromatic rings. The molecule has 0 aliphatic heterocycles. The second kappa shape index (κ2) is 7.62. The van der Waals surface area contributed by atoms with Gasteiger partial charge in [0.2, 0.25) is 0 Å². The first kappa shape index (κ1) is 24.8. The van der Waals surface area contributed by atoms with Gasteiger partial charge in [0.25, 0.3) is 0 Å². The Morgan fingerprint density at radius 3 is 2.34 bits per heavy atom. The van der Waals surface area contributed by atoms with Crippen molar-refractivity contribution < 1.29 is 34.8 Å². The van der Waals surface area contributed by atoms with E-state index in [0.717, 1.165) is 0 Å². The van der Waals surface area contributed by atoms with Crippen molar-refractivity contribution in [1.82, 2.24) is 0 Å². The summed E-state index contributed by atoms with van der Waals surface area (Å²) in [5.74, 6) is -3.66. The average Bonchev–Trinajstić information content (AvgIpc) is 2.90. The first-order valence-electron chi connectivity index (χ1n) is 11.2. The maximum absolute atomic E-state index is 12.9. The SMILES string of the molecule is C/C=C(\C)C(=O)O[C@]1(C)[C@H](O)[C@@H](C)[C@@]2(O)[C@@H](C=C(CO)C[C@]3(O)C(=O)C(C)=C[C@@H]23)C1(C)C. The summed E-state index contributed by atoms with van der Waals surface area (Å²) in [6.45, 7) is 11.4. The fourth-order valence-electron chi connectivity index (χ4n) is 6.08. The smallest absolute Gasteiger partial charge is 0.334 e. The van der Waals surface area contributed by atoms with Crippen LogP contribution in [-0.4, -0.2) is 61.7 Å². The topological polar surface area (TPSA) is 124 Å². The van der Waals surface area contributed by atoms with E-state index in [1.807, 2.05) is 0 Å². The predicted molar refractivity (Wildman–Crippen MR) is 118 cm³/mol. The van der Waals surface area contributed by atoms with Crippen LogP contribution in [0.1, 0.15) is 54.9 Å². The van der Waals surface area contributed by atoms with Crippen molar-refractivity contribution >= 4 is 11.8 Å². The van der Waals surface area contributed by atoms with Gasteiger partial charge in [0, 0.05) is 35.2 Å². The molecule has 0 unspecified atom stereocenters. The standard InChI is InChI=1S/C25H36O7/c1-8-13(2)21(29)32-23(7)20(28)15(4)25(31)17(22(23,5)6)10-16(12-26)11-24(30)18(25)9-14(3)19(24)27/h8-10,15,17-18,20,26,28,30-31H,11-12H2,1-7H3/b13-8+/t15-,17+,18-,20-,23-,24-,25-/m1/s1. The lowest BCUT2D eigenvalue weighted by atomic mass is 9.47. The fraction of sp³-hybridized carbons (Fsp3) is 0.680. The number of allylic oxidation sites excluding steroid dienone is 1. The summed E-state index contributed by atoms with van der Waals surface area (Å²) in [6, 6.07) is 0. The highest BCUT2D eigenvalue weighted by Crippen LogP contribution is 2.63. The van der Waals surface area contributed by atoms with E-state index in [0.29, 0.717) is 16.7 Å². The average molecular weight is 449 g/mol. The number of aliphatic hydroxyl groups excluding tert-OH is 2. The molecule has 3 aliphatic rings. The summed E-state index contributed by atoms with van der Waals surface area (Å²) in [7, 11) is 0. The van der Waals surface area contributed by atoms with Crippen LogP contribution in [0.5, 0.6) is 0 Å². The van der Waals surface area contributed by atoms with Crippen LogP contribution in [0.25, 0.3) is 0 Å². The van der Waals surface area contributed by atoms with Gasteiger partial charge in [0.15, 0.2) is 5.78 Å². The highest BCUT2D eigenvalue weighted by atomic mass is 16.6. The van der Waals surface area contributed by atoms with Crippen LogP contribution in [0, 0.1) is 23.2 Å². The molecule has 1 fully saturated rings. The van der Waals surface area contributed by atoms with E-state index in [2.05, 4.69) is 0 Å². The lowest BCUT2D eigenvalue weighted by Gasteiger charge is -2.63. The number of fused-ring (bicyclic) bond motifs is 3. The van der Waals surface area contributed by atoms with E-state index >= 15 is 0 Å². The van der Waals surface area contributed by atoms with Gasteiger partial charge in [-0.15, -0.1) is 0 Å². The predicted octanol–water partition coefficient (Wildman–Crippen LogP) is 1.84. The van der Waals surface area contributed by atoms with Crippen molar-refractivity contribution in [2.24, 2.45) is 23.2 Å². The van der Waals surface area contributed by atoms with Crippen LogP contribution in [0.4, 0.5) is 0 Å². The number of hydrogen-bond acceptors (Lipinski definition) is 7. The van der Waals surface area contributed by atoms with Crippen molar-refractivity contribution in [3.05, 3.63) is 34.9 Å². The first-order chi connectivity index (χ1) is 14.6. The summed E-state index contributed by atoms with van der Waals surface area (Å²) < 4.78 is 5.91. The first-order valence-corrected chi connectivity index (χ1v) is 11.2. The number of aliphatic hydroxyl groups is 4. The number of Topliss-reactive ketones (excluding diaryl/α,β-unsaturated/α-hetero) is 1. The van der Waals surface area contributed by atoms with Gasteiger partial charge in [-0.2, -0.15) is 0 Å². The number of ketones is 1. The molecule has 0 spiro atoms. The van der Waals surface area contributed by atoms with E-state index in [-0.39, 0.29) is 6.42 Å². The molecule has 0 heterocycles. The van der Waals surface area contributed by atoms with E-state index in [1.165, 1.54) is 0 Å². The van der Waals surface area contributed by atoms with Crippen LogP contribution >= 0.6 is 0 Å². The molecule has 0 amide bonds. The van der Waals surface area contributed by atoms with Crippen molar-refractivity contribution in [3.8, 4) is 0 Å². The number of carbonyl (C=O) groups is 2. The Morgan fingerprint density at radius 2 is 1.81 bits per heavy atom. The van der Waals surface area contributed by atoms with Crippen LogP contribution in [0.3, 0.4) is 0 Å². The highest BCUT2D eigenvalue weighted by Gasteiger charge is 2.72. The lowest BCUT2D eigenvalue weighted by molar-refractivity contribution is -0.285. The lowest BCUT2D eigenvalue weighted by Crippen LogP contribution is -2.74. The van der Waals surface area contributed by atoms with E-state index in [4.69, 9.17) is 4.74 Å². The Labute approximate surface area is 189 Å². The highest BCUT2D eigenvalue weighted by molar-refractivity contribution is 6.04. The quantitative estimate of drug-likeness (QED) is 0.295. The zero-order valence-electron chi connectivity index (χ0n) is 20.0. The van der Waals surface area contributed by atoms with Gasteiger partial charge in [0.05, 0.1) is 18.3 Å². The zero-order chi connectivity index (χ0) is 24.4. The third-order valence-electron chi connectivity index (χ3n) is 8.66. The van der Waals surface area contributed by atoms with E-state index in [9.17, 15) is 30.0 Å². The third-order valence-corrected chi connectivity index (χ3v) is 8.66. The number of hydrogen-bond donors (Lipinski definition) is 4. The molecule has 4 N–H and O–H groups in total. The van der Waals surface area contributed by atoms with Crippen molar-refractivity contribution in [1.29, 1.82) is 0 Å². The maximum Gasteiger partial charge on any atom is 0.334 e. The van der Waals surface area contributed by atoms with Crippen molar-refractivity contribution in [3.63, 3.8) is 0 Å². The monoisotopic (exact) mass is 448 g/mol. The molecule has 1 saturated carbocycles. The normalized spacial score (nSPS) is 43.6. The zero-order valence-corrected chi connectivity index (χ0v) is 20.0. The Bertz CT molecular complexity index is 929. The molecule has 0 radical (unpaired) electrons. The molecule has 0 saturated heterocycles. The molecule has 7 heteroatoms. The largest absolute Gasteiger partial charge is 0.453 e. The fourth-order valence-corrected chi connectivity index (χ4v) is 6.08. The maximum atomic E-state index is 12.9. The Kier molecular flexibility index (Phi) is 5.91. The summed E-state index contributed by atoms with van der Waals surface area (Å²) in [5.41, 5.74) is -4.93. The molecular weight excluding hydrogens is 412 g/mol. The van der Waals surface area contributed by atoms with E-state index < -0.39 is 64.4 Å². The van der Waals surface area contributed by atoms with E-state index in [1.54, 1.807) is 66.7 Å². The second-order valence-corrected chi connectivity index (χ2v) is 10.5. The molecular formula is C25H36O7. The number of ether oxygens (including phenoxy) is 1. The second-order valence-electron chi connectivity index (χ2n) is 10.5. The number of rotatable bonds is 3. The van der Waals surface area contributed by atoms with Gasteiger partial charge in [-0.25, -0.2) is 4.79 Å². The summed E-state index contributed by atoms with van der Waals surface area (Å²) in [5, 5.41) is 45.2. The summed E-state index contributed by atoms with van der Waals surface area (Å²) in [4.78, 5) is 25.7. The molecule has 3 rings (SSSR count). The molecule has 0 bridgehead atoms. The van der Waals surface area contributed by atoms with Crippen LogP contribution in [0.2, 0.25) is 0 Å². The van der Waals surface area contributed by atoms with Gasteiger partial charge in [-0.05, 0) is 38.8 Å².